The molecule has 0 spiro atoms. The zero-order valence-corrected chi connectivity index (χ0v) is 21.5. The fourth-order valence-electron chi connectivity index (χ4n) is 7.55. The van der Waals surface area contributed by atoms with E-state index < -0.39 is 17.4 Å². The van der Waals surface area contributed by atoms with E-state index in [0.717, 1.165) is 57.7 Å². The topological polar surface area (TPSA) is 95.9 Å². The van der Waals surface area contributed by atoms with Crippen LogP contribution in [0.2, 0.25) is 0 Å². The van der Waals surface area contributed by atoms with Gasteiger partial charge in [0.15, 0.2) is 5.82 Å². The fourth-order valence-corrected chi connectivity index (χ4v) is 7.55. The number of pyridine rings is 1. The molecule has 8 rings (SSSR count). The van der Waals surface area contributed by atoms with Crippen LogP contribution in [0.1, 0.15) is 38.5 Å². The summed E-state index contributed by atoms with van der Waals surface area (Å²) in [5, 5.41) is 14.5. The molecule has 0 amide bonds. The highest BCUT2D eigenvalue weighted by Gasteiger charge is 2.46. The standard InChI is InChI=1S/C28H30F2N6O3/c29-16-4-1-5-19(37)20(16)23-22(30)24-21-25(34-27(33-24)39-14-28-8-2-10-35(28)11-3-9-28)36-12-15-6-7-17(31-15)18(36)13-38-26(21)32-23/h1,4-5,15,17-18,31,37H,2-3,6-14H2. The van der Waals surface area contributed by atoms with Crippen LogP contribution >= 0.6 is 0 Å². The lowest BCUT2D eigenvalue weighted by atomic mass is 9.95. The van der Waals surface area contributed by atoms with Crippen molar-refractivity contribution in [3.8, 4) is 28.9 Å². The predicted molar refractivity (Wildman–Crippen MR) is 139 cm³/mol. The molecule has 5 aliphatic rings. The first-order chi connectivity index (χ1) is 19.0. The Balaban J connectivity index is 1.30. The molecule has 5 aliphatic heterocycles. The molecule has 1 aromatic carbocycles. The molecule has 4 saturated heterocycles. The number of nitrogens with zero attached hydrogens (tertiary/aromatic N) is 5. The summed E-state index contributed by atoms with van der Waals surface area (Å²) in [6, 6.07) is 4.40. The second-order valence-electron chi connectivity index (χ2n) is 11.6. The molecule has 7 heterocycles. The summed E-state index contributed by atoms with van der Waals surface area (Å²) < 4.78 is 43.7. The van der Waals surface area contributed by atoms with Gasteiger partial charge in [-0.2, -0.15) is 9.97 Å². The lowest BCUT2D eigenvalue weighted by Crippen LogP contribution is -2.60. The normalized spacial score (nSPS) is 26.8. The Hall–Kier alpha value is -3.31. The van der Waals surface area contributed by atoms with Gasteiger partial charge in [-0.15, -0.1) is 0 Å². The second-order valence-corrected chi connectivity index (χ2v) is 11.6. The highest BCUT2D eigenvalue weighted by molar-refractivity contribution is 5.97. The van der Waals surface area contributed by atoms with Crippen LogP contribution in [0.15, 0.2) is 18.2 Å². The number of anilines is 1. The van der Waals surface area contributed by atoms with Gasteiger partial charge in [0.05, 0.1) is 17.1 Å². The molecule has 0 saturated carbocycles. The van der Waals surface area contributed by atoms with Crippen molar-refractivity contribution in [1.82, 2.24) is 25.2 Å². The van der Waals surface area contributed by atoms with E-state index in [4.69, 9.17) is 14.5 Å². The molecule has 3 aromatic rings. The number of phenolic OH excluding ortho intramolecular Hbond substituents is 1. The summed E-state index contributed by atoms with van der Waals surface area (Å²) in [5.41, 5.74) is -0.748. The number of halogens is 2. The van der Waals surface area contributed by atoms with E-state index in [1.807, 2.05) is 0 Å². The van der Waals surface area contributed by atoms with Gasteiger partial charge in [-0.05, 0) is 63.7 Å². The first-order valence-corrected chi connectivity index (χ1v) is 13.9. The van der Waals surface area contributed by atoms with Crippen molar-refractivity contribution in [3.05, 3.63) is 29.8 Å². The number of fused-ring (bicyclic) bond motifs is 6. The van der Waals surface area contributed by atoms with Gasteiger partial charge in [-0.25, -0.2) is 13.8 Å². The molecule has 3 atom stereocenters. The maximum Gasteiger partial charge on any atom is 0.319 e. The number of phenols is 1. The van der Waals surface area contributed by atoms with Gasteiger partial charge in [0.2, 0.25) is 5.88 Å². The summed E-state index contributed by atoms with van der Waals surface area (Å²) in [7, 11) is 0. The summed E-state index contributed by atoms with van der Waals surface area (Å²) in [4.78, 5) is 18.5. The Morgan fingerprint density at radius 3 is 2.79 bits per heavy atom. The summed E-state index contributed by atoms with van der Waals surface area (Å²) in [6.07, 6.45) is 6.45. The van der Waals surface area contributed by atoms with Gasteiger partial charge in [0.1, 0.15) is 47.2 Å². The third-order valence-corrected chi connectivity index (χ3v) is 9.44. The van der Waals surface area contributed by atoms with Crippen LogP contribution < -0.4 is 19.7 Å². The quantitative estimate of drug-likeness (QED) is 0.520. The average Bonchev–Trinajstić information content (AvgIpc) is 3.60. The molecule has 11 heteroatoms. The van der Waals surface area contributed by atoms with Crippen molar-refractivity contribution in [2.24, 2.45) is 0 Å². The first-order valence-electron chi connectivity index (χ1n) is 13.9. The molecular formula is C28H30F2N6O3. The molecule has 4 fully saturated rings. The van der Waals surface area contributed by atoms with Crippen molar-refractivity contribution in [3.63, 3.8) is 0 Å². The summed E-state index contributed by atoms with van der Waals surface area (Å²) >= 11 is 0. The molecule has 2 aromatic heterocycles. The lowest BCUT2D eigenvalue weighted by Gasteiger charge is -2.40. The van der Waals surface area contributed by atoms with Gasteiger partial charge in [0, 0.05) is 18.6 Å². The van der Waals surface area contributed by atoms with Crippen molar-refractivity contribution in [2.45, 2.75) is 62.2 Å². The van der Waals surface area contributed by atoms with E-state index in [0.29, 0.717) is 37.0 Å². The maximum absolute atomic E-state index is 16.3. The lowest BCUT2D eigenvalue weighted by molar-refractivity contribution is 0.108. The number of benzene rings is 1. The Bertz CT molecular complexity index is 1460. The molecule has 2 bridgehead atoms. The zero-order chi connectivity index (χ0) is 26.3. The first kappa shape index (κ1) is 23.6. The summed E-state index contributed by atoms with van der Waals surface area (Å²) in [5.74, 6) is -1.37. The SMILES string of the molecule is Oc1cccc(F)c1-c1nc2c3c(nc(OCC45CCCN4CCC5)nc3c1F)N1CC3CCC(N3)C1CO2. The molecular weight excluding hydrogens is 506 g/mol. The van der Waals surface area contributed by atoms with E-state index in [1.165, 1.54) is 12.1 Å². The van der Waals surface area contributed by atoms with E-state index >= 15 is 4.39 Å². The van der Waals surface area contributed by atoms with Crippen molar-refractivity contribution in [1.29, 1.82) is 0 Å². The van der Waals surface area contributed by atoms with E-state index in [-0.39, 0.29) is 46.3 Å². The second kappa shape index (κ2) is 8.59. The van der Waals surface area contributed by atoms with Crippen LogP contribution in [-0.2, 0) is 0 Å². The minimum atomic E-state index is -0.843. The van der Waals surface area contributed by atoms with Gasteiger partial charge >= 0.3 is 6.01 Å². The minimum Gasteiger partial charge on any atom is -0.507 e. The number of piperazine rings is 1. The van der Waals surface area contributed by atoms with Crippen LogP contribution in [0.3, 0.4) is 0 Å². The largest absolute Gasteiger partial charge is 0.507 e. The Morgan fingerprint density at radius 1 is 1.13 bits per heavy atom. The number of hydrogen-bond donors (Lipinski definition) is 2. The van der Waals surface area contributed by atoms with Crippen LogP contribution in [-0.4, -0.2) is 81.5 Å². The summed E-state index contributed by atoms with van der Waals surface area (Å²) in [6.45, 7) is 3.57. The number of hydrogen-bond acceptors (Lipinski definition) is 9. The zero-order valence-electron chi connectivity index (χ0n) is 21.5. The monoisotopic (exact) mass is 536 g/mol. The molecule has 39 heavy (non-hydrogen) atoms. The third kappa shape index (κ3) is 3.52. The fraction of sp³-hybridized carbons (Fsp3) is 0.536. The number of aromatic nitrogens is 3. The van der Waals surface area contributed by atoms with Crippen molar-refractivity contribution >= 4 is 16.7 Å². The van der Waals surface area contributed by atoms with Crippen LogP contribution in [0, 0.1) is 11.6 Å². The predicted octanol–water partition coefficient (Wildman–Crippen LogP) is 3.38. The number of nitrogens with one attached hydrogen (secondary N) is 1. The van der Waals surface area contributed by atoms with Crippen LogP contribution in [0.4, 0.5) is 14.6 Å². The van der Waals surface area contributed by atoms with Gasteiger partial charge in [0.25, 0.3) is 0 Å². The van der Waals surface area contributed by atoms with E-state index in [2.05, 4.69) is 25.1 Å². The van der Waals surface area contributed by atoms with Gasteiger partial charge in [-0.3, -0.25) is 4.90 Å². The number of ether oxygens (including phenoxy) is 2. The molecule has 0 radical (unpaired) electrons. The van der Waals surface area contributed by atoms with E-state index in [9.17, 15) is 9.50 Å². The Kier molecular flexibility index (Phi) is 5.19. The molecule has 204 valence electrons. The number of rotatable bonds is 4. The maximum atomic E-state index is 16.3. The van der Waals surface area contributed by atoms with Gasteiger partial charge < -0.3 is 24.8 Å². The van der Waals surface area contributed by atoms with Crippen LogP contribution in [0.5, 0.6) is 17.6 Å². The van der Waals surface area contributed by atoms with Crippen LogP contribution in [0.25, 0.3) is 22.2 Å². The molecule has 3 unspecified atom stereocenters. The highest BCUT2D eigenvalue weighted by Crippen LogP contribution is 2.45. The molecule has 9 nitrogen and oxygen atoms in total. The van der Waals surface area contributed by atoms with Gasteiger partial charge in [-0.1, -0.05) is 6.07 Å². The minimum absolute atomic E-state index is 0.0295. The Labute approximate surface area is 224 Å². The molecule has 2 N–H and O–H groups in total. The Morgan fingerprint density at radius 2 is 1.97 bits per heavy atom. The van der Waals surface area contributed by atoms with Crippen molar-refractivity contribution < 1.29 is 23.4 Å². The van der Waals surface area contributed by atoms with Crippen molar-refractivity contribution in [2.75, 3.05) is 37.7 Å². The highest BCUT2D eigenvalue weighted by atomic mass is 19.1. The smallest absolute Gasteiger partial charge is 0.319 e. The average molecular weight is 537 g/mol. The van der Waals surface area contributed by atoms with E-state index in [1.54, 1.807) is 0 Å². The third-order valence-electron chi connectivity index (χ3n) is 9.44. The molecule has 0 aliphatic carbocycles. The number of aromatic hydroxyl groups is 1.